The van der Waals surface area contributed by atoms with E-state index in [-0.39, 0.29) is 24.0 Å². The van der Waals surface area contributed by atoms with Gasteiger partial charge in [-0.1, -0.05) is 94.3 Å². The van der Waals surface area contributed by atoms with Crippen molar-refractivity contribution in [3.05, 3.63) is 88.8 Å². The second-order valence-electron chi connectivity index (χ2n) is 15.9. The molecule has 11 nitrogen and oxygen atoms in total. The molecule has 1 saturated carbocycles. The summed E-state index contributed by atoms with van der Waals surface area (Å²) in [5, 5.41) is 17.0. The van der Waals surface area contributed by atoms with E-state index in [1.807, 2.05) is 54.6 Å². The third-order valence-electron chi connectivity index (χ3n) is 11.6. The number of carbonyl (C=O) groups excluding carboxylic acids is 2. The highest BCUT2D eigenvalue weighted by Gasteiger charge is 2.30. The van der Waals surface area contributed by atoms with Crippen LogP contribution in [0.2, 0.25) is 0 Å². The molecule has 328 valence electrons. The summed E-state index contributed by atoms with van der Waals surface area (Å²) in [6.45, 7) is 4.49. The zero-order valence-electron chi connectivity index (χ0n) is 36.4. The summed E-state index contributed by atoms with van der Waals surface area (Å²) in [6, 6.07) is 20.9. The molecule has 1 fully saturated rings. The summed E-state index contributed by atoms with van der Waals surface area (Å²) < 4.78 is 29.9. The first-order valence-corrected chi connectivity index (χ1v) is 22.7. The van der Waals surface area contributed by atoms with E-state index in [0.29, 0.717) is 58.0 Å². The maximum atomic E-state index is 14.6. The Labute approximate surface area is 361 Å². The van der Waals surface area contributed by atoms with Crippen LogP contribution in [0.5, 0.6) is 17.2 Å². The van der Waals surface area contributed by atoms with Crippen LogP contribution < -0.4 is 35.5 Å². The lowest BCUT2D eigenvalue weighted by atomic mass is 9.84. The number of nitrogens with one attached hydrogen (secondary N) is 4. The van der Waals surface area contributed by atoms with Gasteiger partial charge < -0.3 is 39.6 Å². The molecule has 12 heteroatoms. The zero-order chi connectivity index (χ0) is 42.5. The highest BCUT2D eigenvalue weighted by molar-refractivity contribution is 7.17. The minimum atomic E-state index is -0.622. The minimum Gasteiger partial charge on any atom is -0.497 e. The fraction of sp³-hybridized carbons (Fsp3) is 0.542. The maximum Gasteiger partial charge on any atom is 0.242 e. The molecule has 3 aromatic carbocycles. The monoisotopic (exact) mass is 844 g/mol. The fourth-order valence-corrected chi connectivity index (χ4v) is 9.16. The van der Waals surface area contributed by atoms with Gasteiger partial charge in [0.15, 0.2) is 0 Å². The molecule has 2 amide bonds. The van der Waals surface area contributed by atoms with Gasteiger partial charge in [-0.3, -0.25) is 14.9 Å². The van der Waals surface area contributed by atoms with Crippen molar-refractivity contribution >= 4 is 33.2 Å². The third-order valence-corrected chi connectivity index (χ3v) is 12.7. The molecule has 1 aliphatic carbocycles. The van der Waals surface area contributed by atoms with E-state index < -0.39 is 12.1 Å². The largest absolute Gasteiger partial charge is 0.497 e. The van der Waals surface area contributed by atoms with Gasteiger partial charge >= 0.3 is 0 Å². The molecule has 4 unspecified atom stereocenters. The van der Waals surface area contributed by atoms with Gasteiger partial charge in [-0.25, -0.2) is 0 Å². The smallest absolute Gasteiger partial charge is 0.242 e. The predicted molar refractivity (Wildman–Crippen MR) is 241 cm³/mol. The number of methoxy groups -OCH3 is 4. The lowest BCUT2D eigenvalue weighted by molar-refractivity contribution is -0.130. The molecular weight excluding hydrogens is 777 g/mol. The molecular formula is C48H68N4O7S. The molecule has 1 heterocycles. The van der Waals surface area contributed by atoms with Gasteiger partial charge in [0.2, 0.25) is 11.8 Å². The topological polar surface area (TPSA) is 128 Å². The number of thiophene rings is 1. The number of hydrogen-bond acceptors (Lipinski definition) is 10. The van der Waals surface area contributed by atoms with Gasteiger partial charge in [-0.15, -0.1) is 11.3 Å². The molecule has 5 rings (SSSR count). The Morgan fingerprint density at radius 1 is 0.817 bits per heavy atom. The molecule has 1 aliphatic rings. The van der Waals surface area contributed by atoms with E-state index in [2.05, 4.69) is 45.7 Å². The van der Waals surface area contributed by atoms with Crippen LogP contribution in [-0.2, 0) is 38.6 Å². The number of carbonyl (C=O) groups is 2. The molecule has 4 aromatic rings. The summed E-state index contributed by atoms with van der Waals surface area (Å²) in [5.74, 6) is 2.51. The number of hydrogen-bond donors (Lipinski definition) is 4. The Morgan fingerprint density at radius 2 is 1.60 bits per heavy atom. The van der Waals surface area contributed by atoms with E-state index >= 15 is 0 Å². The fourth-order valence-electron chi connectivity index (χ4n) is 8.18. The number of amides is 2. The summed E-state index contributed by atoms with van der Waals surface area (Å²) >= 11 is 1.69. The van der Waals surface area contributed by atoms with Crippen molar-refractivity contribution in [2.75, 3.05) is 48.1 Å². The Balaban J connectivity index is 1.37. The summed E-state index contributed by atoms with van der Waals surface area (Å²) in [6.07, 6.45) is 10.3. The number of rotatable bonds is 27. The molecule has 1 aromatic heterocycles. The molecule has 4 atom stereocenters. The predicted octanol–water partition coefficient (Wildman–Crippen LogP) is 8.17. The number of fused-ring (bicyclic) bond motifs is 1. The van der Waals surface area contributed by atoms with E-state index in [0.717, 1.165) is 84.3 Å². The van der Waals surface area contributed by atoms with Crippen LogP contribution >= 0.6 is 11.3 Å². The molecule has 0 spiro atoms. The van der Waals surface area contributed by atoms with Gasteiger partial charge in [0, 0.05) is 42.1 Å². The van der Waals surface area contributed by atoms with Gasteiger partial charge in [-0.05, 0) is 78.6 Å². The van der Waals surface area contributed by atoms with Gasteiger partial charge in [0.05, 0.1) is 40.6 Å². The molecule has 0 bridgehead atoms. The second kappa shape index (κ2) is 25.5. The van der Waals surface area contributed by atoms with Gasteiger partial charge in [0.1, 0.15) is 29.5 Å². The SMILES string of the molecule is CCCCC(CNC(Cc1csc2ccccc12)C(=O)NC(CC1CCCCC1)C(=O)NCCOC)CC(NCc1ccc(OC)cc1OC)OCc1ccccc1OC. The van der Waals surface area contributed by atoms with E-state index in [1.54, 1.807) is 39.8 Å². The molecule has 0 aliphatic heterocycles. The Kier molecular flexibility index (Phi) is 19.9. The highest BCUT2D eigenvalue weighted by atomic mass is 32.1. The number of ether oxygens (including phenoxy) is 5. The Bertz CT molecular complexity index is 1880. The molecule has 0 radical (unpaired) electrons. The van der Waals surface area contributed by atoms with E-state index in [4.69, 9.17) is 23.7 Å². The van der Waals surface area contributed by atoms with Crippen molar-refractivity contribution in [2.24, 2.45) is 11.8 Å². The van der Waals surface area contributed by atoms with Crippen molar-refractivity contribution < 1.29 is 33.3 Å². The van der Waals surface area contributed by atoms with Crippen LogP contribution in [0.1, 0.15) is 87.8 Å². The first-order chi connectivity index (χ1) is 29.3. The standard InChI is InChI=1S/C48H68N4O7S/c1-6-7-15-35(27-46(59-32-37-18-11-13-20-43(37)57-4)51-31-36-22-23-39(56-3)29-44(36)58-5)30-50-41(28-38-33-60-45-21-14-12-19-40(38)45)48(54)52-42(47(53)49-24-25-55-2)26-34-16-9-8-10-17-34/h11-14,18-23,29,33-35,41-42,46,50-51H,6-10,15-17,24-28,30-32H2,1-5H3,(H,49,53)(H,52,54). The zero-order valence-corrected chi connectivity index (χ0v) is 37.2. The number of unbranched alkanes of at least 4 members (excludes halogenated alkanes) is 1. The van der Waals surface area contributed by atoms with Crippen molar-refractivity contribution in [1.82, 2.24) is 21.3 Å². The van der Waals surface area contributed by atoms with Crippen molar-refractivity contribution in [3.63, 3.8) is 0 Å². The second-order valence-corrected chi connectivity index (χ2v) is 16.8. The Hall–Kier alpha value is -4.20. The van der Waals surface area contributed by atoms with Gasteiger partial charge in [-0.2, -0.15) is 0 Å². The summed E-state index contributed by atoms with van der Waals surface area (Å²) in [5.41, 5.74) is 3.07. The average molecular weight is 845 g/mol. The maximum absolute atomic E-state index is 14.6. The summed E-state index contributed by atoms with van der Waals surface area (Å²) in [7, 11) is 6.60. The molecule has 60 heavy (non-hydrogen) atoms. The van der Waals surface area contributed by atoms with Gasteiger partial charge in [0.25, 0.3) is 0 Å². The van der Waals surface area contributed by atoms with Crippen LogP contribution in [0.25, 0.3) is 10.1 Å². The lowest BCUT2D eigenvalue weighted by Gasteiger charge is -2.30. The van der Waals surface area contributed by atoms with Crippen LogP contribution in [0.4, 0.5) is 0 Å². The van der Waals surface area contributed by atoms with Crippen LogP contribution in [-0.4, -0.2) is 78.3 Å². The average Bonchev–Trinajstić information content (AvgIpc) is 3.70. The molecule has 4 N–H and O–H groups in total. The van der Waals surface area contributed by atoms with Crippen LogP contribution in [0.15, 0.2) is 72.1 Å². The molecule has 0 saturated heterocycles. The Morgan fingerprint density at radius 3 is 2.37 bits per heavy atom. The van der Waals surface area contributed by atoms with E-state index in [1.165, 1.54) is 11.1 Å². The van der Waals surface area contributed by atoms with Crippen molar-refractivity contribution in [1.29, 1.82) is 0 Å². The first kappa shape index (κ1) is 46.9. The number of para-hydroxylation sites is 1. The van der Waals surface area contributed by atoms with Crippen molar-refractivity contribution in [2.45, 2.75) is 109 Å². The minimum absolute atomic E-state index is 0.152. The third kappa shape index (κ3) is 14.5. The van der Waals surface area contributed by atoms with Crippen LogP contribution in [0.3, 0.4) is 0 Å². The normalized spacial score (nSPS) is 15.2. The summed E-state index contributed by atoms with van der Waals surface area (Å²) in [4.78, 5) is 28.2. The van der Waals surface area contributed by atoms with Crippen LogP contribution in [0, 0.1) is 11.8 Å². The van der Waals surface area contributed by atoms with Crippen molar-refractivity contribution in [3.8, 4) is 17.2 Å². The number of benzene rings is 3. The first-order valence-electron chi connectivity index (χ1n) is 21.8. The quantitative estimate of drug-likeness (QED) is 0.0347. The highest BCUT2D eigenvalue weighted by Crippen LogP contribution is 2.30. The lowest BCUT2D eigenvalue weighted by Crippen LogP contribution is -2.54. The van der Waals surface area contributed by atoms with E-state index in [9.17, 15) is 9.59 Å².